The van der Waals surface area contributed by atoms with Crippen LogP contribution in [0.4, 0.5) is 0 Å². The second-order valence-corrected chi connectivity index (χ2v) is 6.10. The molecule has 0 aliphatic carbocycles. The topological polar surface area (TPSA) is 14.2 Å². The molecule has 0 bridgehead atoms. The van der Waals surface area contributed by atoms with Crippen molar-refractivity contribution in [1.29, 1.82) is 0 Å². The Balaban J connectivity index is 2.11. The molecule has 4 rings (SSSR count). The molecule has 2 heterocycles. The van der Waals surface area contributed by atoms with E-state index >= 15 is 0 Å². The van der Waals surface area contributed by atoms with Gasteiger partial charge >= 0.3 is 0 Å². The van der Waals surface area contributed by atoms with E-state index in [-0.39, 0.29) is 6.04 Å². The third-order valence-corrected chi connectivity index (χ3v) is 4.39. The molecular formula is C17H13Cl2NO. The molecule has 1 aliphatic rings. The van der Waals surface area contributed by atoms with Crippen molar-refractivity contribution in [2.45, 2.75) is 6.04 Å². The maximum absolute atomic E-state index is 6.17. The zero-order chi connectivity index (χ0) is 14.4. The Morgan fingerprint density at radius 1 is 0.952 bits per heavy atom. The van der Waals surface area contributed by atoms with Crippen LogP contribution in [0.3, 0.4) is 0 Å². The van der Waals surface area contributed by atoms with E-state index in [2.05, 4.69) is 28.9 Å². The smallest absolute Gasteiger partial charge is 0.0757 e. The summed E-state index contributed by atoms with van der Waals surface area (Å²) in [6.07, 6.45) is 4.27. The normalized spacial score (nSPS) is 18.7. The number of ether oxygens (including phenoxy) is 1. The first kappa shape index (κ1) is 13.2. The van der Waals surface area contributed by atoms with Gasteiger partial charge in [-0.2, -0.15) is 0 Å². The Hall–Kier alpha value is -1.48. The van der Waals surface area contributed by atoms with Crippen LogP contribution < -0.4 is 0 Å². The van der Waals surface area contributed by atoms with Crippen molar-refractivity contribution in [3.63, 3.8) is 0 Å². The number of hydrogen-bond acceptors (Lipinski definition) is 1. The zero-order valence-corrected chi connectivity index (χ0v) is 12.7. The van der Waals surface area contributed by atoms with Crippen LogP contribution in [-0.4, -0.2) is 17.8 Å². The Labute approximate surface area is 132 Å². The highest BCUT2D eigenvalue weighted by molar-refractivity contribution is 6.33. The minimum atomic E-state index is 0.195. The van der Waals surface area contributed by atoms with Gasteiger partial charge in [-0.05, 0) is 36.4 Å². The van der Waals surface area contributed by atoms with Crippen molar-refractivity contribution in [3.8, 4) is 0 Å². The van der Waals surface area contributed by atoms with Gasteiger partial charge in [0, 0.05) is 31.9 Å². The standard InChI is InChI=1S/C17H13Cl2NO/c18-11-3-5-16-14(8-11)15-9-12(19)4-6-17(15)20(16)13-2-1-7-21-10-13/h1-6,8-9,13H,7,10H2/t13-/m1/s1. The van der Waals surface area contributed by atoms with Crippen molar-refractivity contribution >= 4 is 45.0 Å². The molecule has 1 aliphatic heterocycles. The molecule has 21 heavy (non-hydrogen) atoms. The predicted molar refractivity (Wildman–Crippen MR) is 88.5 cm³/mol. The molecule has 0 spiro atoms. The number of fused-ring (bicyclic) bond motifs is 3. The summed E-state index contributed by atoms with van der Waals surface area (Å²) in [5, 5.41) is 3.71. The first-order chi connectivity index (χ1) is 10.2. The molecule has 0 radical (unpaired) electrons. The van der Waals surface area contributed by atoms with Gasteiger partial charge in [0.25, 0.3) is 0 Å². The summed E-state index contributed by atoms with van der Waals surface area (Å²) >= 11 is 12.3. The lowest BCUT2D eigenvalue weighted by atomic mass is 10.1. The number of hydrogen-bond donors (Lipinski definition) is 0. The third-order valence-electron chi connectivity index (χ3n) is 3.92. The molecule has 3 aromatic rings. The van der Waals surface area contributed by atoms with Crippen molar-refractivity contribution in [3.05, 3.63) is 58.6 Å². The average Bonchev–Trinajstić information content (AvgIpc) is 2.81. The van der Waals surface area contributed by atoms with Gasteiger partial charge in [0.15, 0.2) is 0 Å². The van der Waals surface area contributed by atoms with Gasteiger partial charge in [0.2, 0.25) is 0 Å². The molecule has 4 heteroatoms. The fourth-order valence-corrected chi connectivity index (χ4v) is 3.39. The lowest BCUT2D eigenvalue weighted by Gasteiger charge is -2.21. The predicted octanol–water partition coefficient (Wildman–Crippen LogP) is 5.23. The largest absolute Gasteiger partial charge is 0.375 e. The highest BCUT2D eigenvalue weighted by Crippen LogP contribution is 2.35. The van der Waals surface area contributed by atoms with E-state index in [1.165, 1.54) is 0 Å². The van der Waals surface area contributed by atoms with Crippen LogP contribution in [0.2, 0.25) is 10.0 Å². The summed E-state index contributed by atoms with van der Waals surface area (Å²) in [5.74, 6) is 0. The molecule has 2 nitrogen and oxygen atoms in total. The van der Waals surface area contributed by atoms with E-state index in [9.17, 15) is 0 Å². The Morgan fingerprint density at radius 3 is 2.10 bits per heavy atom. The highest BCUT2D eigenvalue weighted by Gasteiger charge is 2.18. The van der Waals surface area contributed by atoms with Crippen LogP contribution in [0, 0.1) is 0 Å². The minimum Gasteiger partial charge on any atom is -0.375 e. The fourth-order valence-electron chi connectivity index (χ4n) is 3.04. The van der Waals surface area contributed by atoms with Crippen LogP contribution in [0.15, 0.2) is 48.6 Å². The summed E-state index contributed by atoms with van der Waals surface area (Å²) in [4.78, 5) is 0. The average molecular weight is 318 g/mol. The van der Waals surface area contributed by atoms with Crippen molar-refractivity contribution < 1.29 is 4.74 Å². The number of nitrogens with zero attached hydrogens (tertiary/aromatic N) is 1. The van der Waals surface area contributed by atoms with Crippen LogP contribution in [0.1, 0.15) is 6.04 Å². The molecule has 0 unspecified atom stereocenters. The minimum absolute atomic E-state index is 0.195. The Kier molecular flexibility index (Phi) is 3.18. The molecule has 0 fully saturated rings. The zero-order valence-electron chi connectivity index (χ0n) is 11.2. The monoisotopic (exact) mass is 317 g/mol. The molecule has 0 saturated heterocycles. The van der Waals surface area contributed by atoms with Crippen LogP contribution >= 0.6 is 23.2 Å². The molecule has 106 valence electrons. The molecule has 0 N–H and O–H groups in total. The number of halogens is 2. The van der Waals surface area contributed by atoms with E-state index in [0.29, 0.717) is 13.2 Å². The molecule has 2 aromatic carbocycles. The number of benzene rings is 2. The SMILES string of the molecule is Clc1ccc2c(c1)c1cc(Cl)ccc1n2[C@@H]1C=CCOC1. The van der Waals surface area contributed by atoms with Gasteiger partial charge in [-0.3, -0.25) is 0 Å². The van der Waals surface area contributed by atoms with E-state index in [4.69, 9.17) is 27.9 Å². The summed E-state index contributed by atoms with van der Waals surface area (Å²) in [5.41, 5.74) is 2.30. The van der Waals surface area contributed by atoms with E-state index in [1.54, 1.807) is 0 Å². The van der Waals surface area contributed by atoms with Gasteiger partial charge < -0.3 is 9.30 Å². The summed E-state index contributed by atoms with van der Waals surface area (Å²) in [6.45, 7) is 1.37. The van der Waals surface area contributed by atoms with Crippen LogP contribution in [0.5, 0.6) is 0 Å². The first-order valence-corrected chi connectivity index (χ1v) is 7.63. The lowest BCUT2D eigenvalue weighted by Crippen LogP contribution is -2.16. The van der Waals surface area contributed by atoms with E-state index < -0.39 is 0 Å². The van der Waals surface area contributed by atoms with Crippen molar-refractivity contribution in [2.24, 2.45) is 0 Å². The highest BCUT2D eigenvalue weighted by atomic mass is 35.5. The quantitative estimate of drug-likeness (QED) is 0.560. The summed E-state index contributed by atoms with van der Waals surface area (Å²) < 4.78 is 7.89. The maximum Gasteiger partial charge on any atom is 0.0757 e. The molecule has 1 atom stereocenters. The molecule has 1 aromatic heterocycles. The molecule has 0 saturated carbocycles. The first-order valence-electron chi connectivity index (χ1n) is 6.87. The third kappa shape index (κ3) is 2.15. The van der Waals surface area contributed by atoms with Crippen molar-refractivity contribution in [1.82, 2.24) is 4.57 Å². The second kappa shape index (κ2) is 5.06. The molecular weight excluding hydrogens is 305 g/mol. The molecule has 0 amide bonds. The van der Waals surface area contributed by atoms with Gasteiger partial charge in [0.1, 0.15) is 0 Å². The van der Waals surface area contributed by atoms with Gasteiger partial charge in [-0.25, -0.2) is 0 Å². The van der Waals surface area contributed by atoms with Crippen LogP contribution in [0.25, 0.3) is 21.8 Å². The van der Waals surface area contributed by atoms with Gasteiger partial charge in [-0.15, -0.1) is 0 Å². The van der Waals surface area contributed by atoms with Gasteiger partial charge in [-0.1, -0.05) is 35.4 Å². The summed E-state index contributed by atoms with van der Waals surface area (Å²) in [6, 6.07) is 12.2. The number of rotatable bonds is 1. The second-order valence-electron chi connectivity index (χ2n) is 5.23. The van der Waals surface area contributed by atoms with Crippen molar-refractivity contribution in [2.75, 3.05) is 13.2 Å². The maximum atomic E-state index is 6.17. The Morgan fingerprint density at radius 2 is 1.57 bits per heavy atom. The number of aromatic nitrogens is 1. The van der Waals surface area contributed by atoms with Crippen LogP contribution in [-0.2, 0) is 4.74 Å². The Bertz CT molecular complexity index is 807. The lowest BCUT2D eigenvalue weighted by molar-refractivity contribution is 0.131. The van der Waals surface area contributed by atoms with Gasteiger partial charge in [0.05, 0.1) is 19.3 Å². The van der Waals surface area contributed by atoms with E-state index in [1.807, 2.05) is 24.3 Å². The fraction of sp³-hybridized carbons (Fsp3) is 0.176. The van der Waals surface area contributed by atoms with E-state index in [0.717, 1.165) is 31.9 Å². The summed E-state index contributed by atoms with van der Waals surface area (Å²) in [7, 11) is 0.